The molecule has 9 heteroatoms. The molecule has 1 aliphatic carbocycles. The van der Waals surface area contributed by atoms with Crippen molar-refractivity contribution in [3.63, 3.8) is 0 Å². The number of thioether (sulfide) groups is 1. The van der Waals surface area contributed by atoms with E-state index < -0.39 is 5.54 Å². The second-order valence-electron chi connectivity index (χ2n) is 6.45. The van der Waals surface area contributed by atoms with Crippen molar-refractivity contribution in [2.45, 2.75) is 43.3 Å². The van der Waals surface area contributed by atoms with E-state index in [2.05, 4.69) is 26.9 Å². The maximum Gasteiger partial charge on any atom is 0.231 e. The maximum atomic E-state index is 12.3. The van der Waals surface area contributed by atoms with Gasteiger partial charge in [0.2, 0.25) is 11.8 Å². The molecule has 1 aromatic carbocycles. The zero-order valence-corrected chi connectivity index (χ0v) is 15.8. The minimum Gasteiger partial charge on any atom is -0.337 e. The molecule has 8 nitrogen and oxygen atoms in total. The summed E-state index contributed by atoms with van der Waals surface area (Å²) in [5.74, 6) is -0.196. The Morgan fingerprint density at radius 2 is 2.15 bits per heavy atom. The summed E-state index contributed by atoms with van der Waals surface area (Å²) in [5.41, 5.74) is 0.718. The third-order valence-corrected chi connectivity index (χ3v) is 5.29. The third-order valence-electron chi connectivity index (χ3n) is 4.34. The molecule has 0 aliphatic heterocycles. The first-order chi connectivity index (χ1) is 13.0. The quantitative estimate of drug-likeness (QED) is 0.739. The van der Waals surface area contributed by atoms with Gasteiger partial charge in [0, 0.05) is 12.6 Å². The van der Waals surface area contributed by atoms with Gasteiger partial charge in [-0.25, -0.2) is 0 Å². The lowest BCUT2D eigenvalue weighted by molar-refractivity contribution is -0.120. The Morgan fingerprint density at radius 1 is 1.37 bits per heavy atom. The second kappa shape index (κ2) is 8.22. The Hall–Kier alpha value is -2.86. The van der Waals surface area contributed by atoms with Crippen molar-refractivity contribution < 1.29 is 9.59 Å². The molecule has 1 aliphatic rings. The van der Waals surface area contributed by atoms with Gasteiger partial charge >= 0.3 is 0 Å². The lowest BCUT2D eigenvalue weighted by Crippen LogP contribution is -2.45. The van der Waals surface area contributed by atoms with Crippen LogP contribution in [0, 0.1) is 11.3 Å². The molecule has 1 saturated carbocycles. The van der Waals surface area contributed by atoms with Gasteiger partial charge in [0.05, 0.1) is 17.5 Å². The summed E-state index contributed by atoms with van der Waals surface area (Å²) < 4.78 is 1.75. The van der Waals surface area contributed by atoms with Crippen LogP contribution in [0.25, 0.3) is 5.69 Å². The van der Waals surface area contributed by atoms with Crippen LogP contribution in [0.15, 0.2) is 35.7 Å². The normalized spacial score (nSPS) is 15.1. The average molecular weight is 384 g/mol. The number of hydrogen-bond donors (Lipinski definition) is 2. The Labute approximate surface area is 161 Å². The molecule has 2 amide bonds. The summed E-state index contributed by atoms with van der Waals surface area (Å²) in [4.78, 5) is 23.5. The summed E-state index contributed by atoms with van der Waals surface area (Å²) in [7, 11) is 0. The third kappa shape index (κ3) is 4.65. The smallest absolute Gasteiger partial charge is 0.231 e. The monoisotopic (exact) mass is 384 g/mol. The number of amides is 2. The molecule has 0 unspecified atom stereocenters. The van der Waals surface area contributed by atoms with Crippen LogP contribution in [0.2, 0.25) is 0 Å². The molecule has 2 N–H and O–H groups in total. The maximum absolute atomic E-state index is 12.3. The van der Waals surface area contributed by atoms with Crippen LogP contribution in [0.5, 0.6) is 0 Å². The van der Waals surface area contributed by atoms with Crippen molar-refractivity contribution in [3.05, 3.63) is 30.6 Å². The molecule has 140 valence electrons. The molecule has 1 fully saturated rings. The highest BCUT2D eigenvalue weighted by atomic mass is 32.2. The van der Waals surface area contributed by atoms with Crippen LogP contribution in [-0.4, -0.2) is 37.9 Å². The Balaban J connectivity index is 1.66. The molecular weight excluding hydrogens is 364 g/mol. The molecule has 27 heavy (non-hydrogen) atoms. The molecule has 0 spiro atoms. The predicted molar refractivity (Wildman–Crippen MR) is 101 cm³/mol. The van der Waals surface area contributed by atoms with E-state index in [0.717, 1.165) is 18.5 Å². The minimum atomic E-state index is -0.724. The van der Waals surface area contributed by atoms with Gasteiger partial charge in [-0.3, -0.25) is 14.2 Å². The van der Waals surface area contributed by atoms with Gasteiger partial charge in [0.25, 0.3) is 0 Å². The lowest BCUT2D eigenvalue weighted by atomic mass is 10.0. The number of benzene rings is 1. The van der Waals surface area contributed by atoms with Gasteiger partial charge in [0.1, 0.15) is 11.9 Å². The van der Waals surface area contributed by atoms with Gasteiger partial charge in [-0.2, -0.15) is 5.26 Å². The van der Waals surface area contributed by atoms with Crippen molar-refractivity contribution in [1.82, 2.24) is 20.1 Å². The van der Waals surface area contributed by atoms with Crippen molar-refractivity contribution >= 4 is 29.3 Å². The molecule has 0 saturated heterocycles. The predicted octanol–water partition coefficient (Wildman–Crippen LogP) is 2.27. The van der Waals surface area contributed by atoms with E-state index in [1.54, 1.807) is 23.0 Å². The number of aromatic nitrogens is 3. The van der Waals surface area contributed by atoms with Gasteiger partial charge < -0.3 is 10.6 Å². The van der Waals surface area contributed by atoms with Crippen LogP contribution in [0.3, 0.4) is 0 Å². The summed E-state index contributed by atoms with van der Waals surface area (Å²) >= 11 is 1.25. The fourth-order valence-corrected chi connectivity index (χ4v) is 3.84. The zero-order valence-electron chi connectivity index (χ0n) is 14.9. The molecule has 1 aromatic heterocycles. The first-order valence-electron chi connectivity index (χ1n) is 8.64. The molecule has 0 atom stereocenters. The summed E-state index contributed by atoms with van der Waals surface area (Å²) in [5, 5.41) is 23.5. The van der Waals surface area contributed by atoms with Crippen molar-refractivity contribution in [1.29, 1.82) is 5.26 Å². The highest BCUT2D eigenvalue weighted by Crippen LogP contribution is 2.29. The Bertz CT molecular complexity index is 882. The average Bonchev–Trinajstić information content (AvgIpc) is 3.29. The van der Waals surface area contributed by atoms with Gasteiger partial charge in [-0.05, 0) is 43.9 Å². The first-order valence-corrected chi connectivity index (χ1v) is 9.63. The first kappa shape index (κ1) is 18.9. The summed E-state index contributed by atoms with van der Waals surface area (Å²) in [6.45, 7) is 1.45. The van der Waals surface area contributed by atoms with E-state index in [1.165, 1.54) is 18.7 Å². The summed E-state index contributed by atoms with van der Waals surface area (Å²) in [6, 6.07) is 9.53. The van der Waals surface area contributed by atoms with E-state index in [0.29, 0.717) is 23.7 Å². The van der Waals surface area contributed by atoms with Gasteiger partial charge in [0.15, 0.2) is 5.16 Å². The molecule has 0 bridgehead atoms. The number of hydrogen-bond acceptors (Lipinski definition) is 6. The fourth-order valence-electron chi connectivity index (χ4n) is 3.11. The topological polar surface area (TPSA) is 113 Å². The van der Waals surface area contributed by atoms with Crippen molar-refractivity contribution in [2.75, 3.05) is 11.1 Å². The summed E-state index contributed by atoms with van der Waals surface area (Å²) in [6.07, 6.45) is 4.87. The van der Waals surface area contributed by atoms with Gasteiger partial charge in [-0.15, -0.1) is 10.2 Å². The number of nitrogens with zero attached hydrogens (tertiary/aromatic N) is 4. The van der Waals surface area contributed by atoms with E-state index >= 15 is 0 Å². The zero-order chi connectivity index (χ0) is 19.3. The van der Waals surface area contributed by atoms with E-state index in [-0.39, 0.29) is 17.6 Å². The van der Waals surface area contributed by atoms with Crippen LogP contribution >= 0.6 is 11.8 Å². The molecular formula is C18H20N6O2S. The number of rotatable bonds is 6. The molecule has 1 heterocycles. The lowest BCUT2D eigenvalue weighted by Gasteiger charge is -2.21. The molecule has 2 aromatic rings. The standard InChI is InChI=1S/C18H20N6O2S/c1-13(25)21-14-5-4-6-15(9-14)24-12-20-23-17(24)27-10-16(26)22-18(11-19)7-2-3-8-18/h4-6,9,12H,2-3,7-8,10H2,1H3,(H,21,25)(H,22,26). The second-order valence-corrected chi connectivity index (χ2v) is 7.40. The number of anilines is 1. The molecule has 3 rings (SSSR count). The van der Waals surface area contributed by atoms with Crippen LogP contribution in [0.1, 0.15) is 32.6 Å². The van der Waals surface area contributed by atoms with E-state index in [1.807, 2.05) is 12.1 Å². The SMILES string of the molecule is CC(=O)Nc1cccc(-n2cnnc2SCC(=O)NC2(C#N)CCCC2)c1. The molecule has 0 radical (unpaired) electrons. The Morgan fingerprint density at radius 3 is 2.85 bits per heavy atom. The minimum absolute atomic E-state index is 0.146. The van der Waals surface area contributed by atoms with Gasteiger partial charge in [-0.1, -0.05) is 17.8 Å². The number of carbonyl (C=O) groups excluding carboxylic acids is 2. The van der Waals surface area contributed by atoms with Crippen molar-refractivity contribution in [3.8, 4) is 11.8 Å². The highest BCUT2D eigenvalue weighted by Gasteiger charge is 2.35. The van der Waals surface area contributed by atoms with E-state index in [4.69, 9.17) is 0 Å². The fraction of sp³-hybridized carbons (Fsp3) is 0.389. The van der Waals surface area contributed by atoms with Crippen molar-refractivity contribution in [2.24, 2.45) is 0 Å². The Kier molecular flexibility index (Phi) is 5.76. The van der Waals surface area contributed by atoms with Crippen LogP contribution in [0.4, 0.5) is 5.69 Å². The number of nitriles is 1. The number of carbonyl (C=O) groups is 2. The van der Waals surface area contributed by atoms with E-state index in [9.17, 15) is 14.9 Å². The highest BCUT2D eigenvalue weighted by molar-refractivity contribution is 7.99. The van der Waals surface area contributed by atoms with Crippen LogP contribution < -0.4 is 10.6 Å². The van der Waals surface area contributed by atoms with Crippen LogP contribution in [-0.2, 0) is 9.59 Å². The largest absolute Gasteiger partial charge is 0.337 e. The number of nitrogens with one attached hydrogen (secondary N) is 2.